The van der Waals surface area contributed by atoms with Crippen molar-refractivity contribution >= 4 is 50.5 Å². The predicted octanol–water partition coefficient (Wildman–Crippen LogP) is 6.30. The van der Waals surface area contributed by atoms with Gasteiger partial charge in [-0.25, -0.2) is 4.98 Å². The monoisotopic (exact) mass is 430 g/mol. The molecule has 0 atom stereocenters. The highest BCUT2D eigenvalue weighted by Gasteiger charge is 2.10. The lowest BCUT2D eigenvalue weighted by Crippen LogP contribution is -1.86. The molecule has 0 aliphatic heterocycles. The predicted molar refractivity (Wildman–Crippen MR) is 107 cm³/mol. The van der Waals surface area contributed by atoms with Crippen molar-refractivity contribution in [2.24, 2.45) is 0 Å². The molecule has 0 aliphatic carbocycles. The fourth-order valence-corrected chi connectivity index (χ4v) is 3.71. The zero-order chi connectivity index (χ0) is 17.8. The van der Waals surface area contributed by atoms with E-state index in [9.17, 15) is 5.26 Å². The second kappa shape index (κ2) is 7.83. The van der Waals surface area contributed by atoms with E-state index in [1.165, 1.54) is 11.3 Å². The highest BCUT2D eigenvalue weighted by Crippen LogP contribution is 2.30. The summed E-state index contributed by atoms with van der Waals surface area (Å²) in [7, 11) is 1.62. The number of nitrogens with zero attached hydrogens (tertiary/aromatic N) is 2. The van der Waals surface area contributed by atoms with Gasteiger partial charge in [-0.05, 0) is 51.8 Å². The first kappa shape index (κ1) is 17.7. The van der Waals surface area contributed by atoms with Crippen LogP contribution in [0.4, 0.5) is 0 Å². The van der Waals surface area contributed by atoms with Gasteiger partial charge in [-0.3, -0.25) is 0 Å². The zero-order valence-electron chi connectivity index (χ0n) is 13.2. The van der Waals surface area contributed by atoms with E-state index in [0.717, 1.165) is 27.0 Å². The maximum absolute atomic E-state index is 9.52. The normalized spacial score (nSPS) is 11.2. The number of allylic oxidation sites excluding steroid dienone is 1. The van der Waals surface area contributed by atoms with E-state index in [4.69, 9.17) is 16.3 Å². The standard InChI is InChI=1S/C19H12BrClN2OS/c1-24-18-7-2-12(9-16(18)20)8-14(10-22)19-23-17(11-25-19)13-3-5-15(21)6-4-13/h2-9,11H,1H3/b14-8-. The van der Waals surface area contributed by atoms with Crippen LogP contribution in [0.1, 0.15) is 10.6 Å². The number of hydrogen-bond donors (Lipinski definition) is 0. The zero-order valence-corrected chi connectivity index (χ0v) is 16.3. The molecule has 0 bridgehead atoms. The van der Waals surface area contributed by atoms with Crippen molar-refractivity contribution in [1.82, 2.24) is 4.98 Å². The molecule has 0 fully saturated rings. The van der Waals surface area contributed by atoms with Crippen molar-refractivity contribution in [2.75, 3.05) is 7.11 Å². The lowest BCUT2D eigenvalue weighted by molar-refractivity contribution is 0.412. The second-order valence-corrected chi connectivity index (χ2v) is 7.26. The molecular weight excluding hydrogens is 420 g/mol. The minimum Gasteiger partial charge on any atom is -0.496 e. The first-order valence-corrected chi connectivity index (χ1v) is 9.33. The Balaban J connectivity index is 1.92. The smallest absolute Gasteiger partial charge is 0.134 e. The van der Waals surface area contributed by atoms with Crippen molar-refractivity contribution in [3.8, 4) is 23.1 Å². The summed E-state index contributed by atoms with van der Waals surface area (Å²) in [6, 6.07) is 15.4. The molecule has 1 aromatic heterocycles. The van der Waals surface area contributed by atoms with Crippen molar-refractivity contribution in [1.29, 1.82) is 5.26 Å². The van der Waals surface area contributed by atoms with Crippen LogP contribution in [-0.4, -0.2) is 12.1 Å². The molecule has 124 valence electrons. The third-order valence-electron chi connectivity index (χ3n) is 3.48. The molecule has 0 radical (unpaired) electrons. The van der Waals surface area contributed by atoms with Gasteiger partial charge in [0.2, 0.25) is 0 Å². The maximum Gasteiger partial charge on any atom is 0.134 e. The van der Waals surface area contributed by atoms with Gasteiger partial charge >= 0.3 is 0 Å². The topological polar surface area (TPSA) is 45.9 Å². The fraction of sp³-hybridized carbons (Fsp3) is 0.0526. The summed E-state index contributed by atoms with van der Waals surface area (Å²) in [5.74, 6) is 0.745. The highest BCUT2D eigenvalue weighted by atomic mass is 79.9. The van der Waals surface area contributed by atoms with E-state index in [1.54, 1.807) is 7.11 Å². The molecule has 0 spiro atoms. The Labute approximate surface area is 163 Å². The van der Waals surface area contributed by atoms with Crippen LogP contribution in [0.25, 0.3) is 22.9 Å². The van der Waals surface area contributed by atoms with Crippen LogP contribution in [0.2, 0.25) is 5.02 Å². The van der Waals surface area contributed by atoms with Gasteiger partial charge in [0, 0.05) is 16.0 Å². The third kappa shape index (κ3) is 4.10. The van der Waals surface area contributed by atoms with Crippen LogP contribution in [-0.2, 0) is 0 Å². The molecule has 0 amide bonds. The number of benzene rings is 2. The number of hydrogen-bond acceptors (Lipinski definition) is 4. The minimum atomic E-state index is 0.516. The first-order valence-electron chi connectivity index (χ1n) is 7.28. The largest absolute Gasteiger partial charge is 0.496 e. The van der Waals surface area contributed by atoms with Crippen LogP contribution in [0.5, 0.6) is 5.75 Å². The second-order valence-electron chi connectivity index (χ2n) is 5.11. The number of aromatic nitrogens is 1. The molecule has 0 unspecified atom stereocenters. The summed E-state index contributed by atoms with van der Waals surface area (Å²) in [6.45, 7) is 0. The number of nitriles is 1. The van der Waals surface area contributed by atoms with Crippen molar-refractivity contribution in [3.05, 3.63) is 67.9 Å². The Morgan fingerprint density at radius 3 is 2.68 bits per heavy atom. The number of methoxy groups -OCH3 is 1. The molecular formula is C19H12BrClN2OS. The molecule has 3 rings (SSSR count). The fourth-order valence-electron chi connectivity index (χ4n) is 2.23. The highest BCUT2D eigenvalue weighted by molar-refractivity contribution is 9.10. The molecule has 25 heavy (non-hydrogen) atoms. The average Bonchev–Trinajstić information content (AvgIpc) is 3.10. The molecule has 6 heteroatoms. The van der Waals surface area contributed by atoms with Gasteiger partial charge in [0.15, 0.2) is 0 Å². The van der Waals surface area contributed by atoms with Crippen LogP contribution < -0.4 is 4.74 Å². The Hall–Kier alpha value is -2.13. The van der Waals surface area contributed by atoms with Crippen LogP contribution in [0, 0.1) is 11.3 Å². The summed E-state index contributed by atoms with van der Waals surface area (Å²) in [4.78, 5) is 4.58. The molecule has 0 saturated carbocycles. The van der Waals surface area contributed by atoms with E-state index < -0.39 is 0 Å². The van der Waals surface area contributed by atoms with Gasteiger partial charge in [-0.2, -0.15) is 5.26 Å². The van der Waals surface area contributed by atoms with Gasteiger partial charge in [-0.1, -0.05) is 29.8 Å². The summed E-state index contributed by atoms with van der Waals surface area (Å²) in [5, 5.41) is 12.8. The van der Waals surface area contributed by atoms with Gasteiger partial charge in [0.25, 0.3) is 0 Å². The van der Waals surface area contributed by atoms with Crippen LogP contribution in [0.15, 0.2) is 52.3 Å². The van der Waals surface area contributed by atoms with Crippen molar-refractivity contribution in [2.45, 2.75) is 0 Å². The number of thiazole rings is 1. The molecule has 3 nitrogen and oxygen atoms in total. The van der Waals surface area contributed by atoms with Gasteiger partial charge in [0.1, 0.15) is 16.8 Å². The number of ether oxygens (including phenoxy) is 1. The Bertz CT molecular complexity index is 974. The Morgan fingerprint density at radius 1 is 1.28 bits per heavy atom. The molecule has 3 aromatic rings. The van der Waals surface area contributed by atoms with Crippen molar-refractivity contribution in [3.63, 3.8) is 0 Å². The quantitative estimate of drug-likeness (QED) is 0.455. The summed E-state index contributed by atoms with van der Waals surface area (Å²) in [5.41, 5.74) is 3.21. The average molecular weight is 432 g/mol. The van der Waals surface area contributed by atoms with Crippen LogP contribution in [0.3, 0.4) is 0 Å². The molecule has 0 aliphatic rings. The number of halogens is 2. The van der Waals surface area contributed by atoms with Gasteiger partial charge < -0.3 is 4.74 Å². The summed E-state index contributed by atoms with van der Waals surface area (Å²) >= 11 is 10.8. The first-order chi connectivity index (χ1) is 12.1. The van der Waals surface area contributed by atoms with Crippen LogP contribution >= 0.6 is 38.9 Å². The van der Waals surface area contributed by atoms with E-state index >= 15 is 0 Å². The molecule has 1 heterocycles. The lowest BCUT2D eigenvalue weighted by Gasteiger charge is -2.03. The van der Waals surface area contributed by atoms with Gasteiger partial charge in [0.05, 0.1) is 22.8 Å². The Kier molecular flexibility index (Phi) is 5.54. The van der Waals surface area contributed by atoms with Crippen molar-refractivity contribution < 1.29 is 4.74 Å². The minimum absolute atomic E-state index is 0.516. The van der Waals surface area contributed by atoms with E-state index in [-0.39, 0.29) is 0 Å². The lowest BCUT2D eigenvalue weighted by atomic mass is 10.1. The molecule has 2 aromatic carbocycles. The van der Waals surface area contributed by atoms with E-state index in [1.807, 2.05) is 53.9 Å². The third-order valence-corrected chi connectivity index (χ3v) is 5.23. The SMILES string of the molecule is COc1ccc(/C=C(/C#N)c2nc(-c3ccc(Cl)cc3)cs2)cc1Br. The molecule has 0 N–H and O–H groups in total. The number of rotatable bonds is 4. The summed E-state index contributed by atoms with van der Waals surface area (Å²) in [6.07, 6.45) is 1.81. The van der Waals surface area contributed by atoms with E-state index in [0.29, 0.717) is 15.6 Å². The Morgan fingerprint density at radius 2 is 2.04 bits per heavy atom. The summed E-state index contributed by atoms with van der Waals surface area (Å²) < 4.78 is 6.06. The molecule has 0 saturated heterocycles. The maximum atomic E-state index is 9.52. The van der Waals surface area contributed by atoms with Gasteiger partial charge in [-0.15, -0.1) is 11.3 Å². The van der Waals surface area contributed by atoms with E-state index in [2.05, 4.69) is 27.0 Å².